The Morgan fingerprint density at radius 1 is 1.00 bits per heavy atom. The van der Waals surface area contributed by atoms with E-state index in [0.29, 0.717) is 56.3 Å². The third kappa shape index (κ3) is 4.53. The summed E-state index contributed by atoms with van der Waals surface area (Å²) in [6.45, 7) is 2.91. The van der Waals surface area contributed by atoms with E-state index in [9.17, 15) is 14.4 Å². The molecule has 2 heterocycles. The zero-order valence-electron chi connectivity index (χ0n) is 18.0. The maximum Gasteiger partial charge on any atom is 0.339 e. The molecule has 0 bridgehead atoms. The first-order chi connectivity index (χ1) is 15.6. The second-order valence-electron chi connectivity index (χ2n) is 8.79. The Kier molecular flexibility index (Phi) is 5.66. The molecule has 2 aromatic rings. The van der Waals surface area contributed by atoms with Crippen molar-refractivity contribution in [3.05, 3.63) is 70.8 Å². The molecule has 166 valence electrons. The SMILES string of the molecule is O=C(CN1CCN(C(=O)c2ccc3c(c2)C[C@H](c2ccccc2)OC3=O)CC1)NC1CC1. The maximum absolute atomic E-state index is 13.1. The smallest absolute Gasteiger partial charge is 0.339 e. The van der Waals surface area contributed by atoms with Crippen LogP contribution in [0.2, 0.25) is 0 Å². The Balaban J connectivity index is 1.22. The number of nitrogens with zero attached hydrogens (tertiary/aromatic N) is 2. The molecular weight excluding hydrogens is 406 g/mol. The van der Waals surface area contributed by atoms with Crippen molar-refractivity contribution in [3.63, 3.8) is 0 Å². The molecule has 0 aromatic heterocycles. The van der Waals surface area contributed by atoms with E-state index in [2.05, 4.69) is 10.2 Å². The third-order valence-corrected chi connectivity index (χ3v) is 6.37. The Morgan fingerprint density at radius 3 is 2.47 bits per heavy atom. The normalized spacial score (nSPS) is 20.9. The topological polar surface area (TPSA) is 79.0 Å². The van der Waals surface area contributed by atoms with E-state index < -0.39 is 0 Å². The number of esters is 1. The highest BCUT2D eigenvalue weighted by Gasteiger charge is 2.30. The molecular formula is C25H27N3O4. The van der Waals surface area contributed by atoms with Gasteiger partial charge in [0.1, 0.15) is 6.10 Å². The highest BCUT2D eigenvalue weighted by atomic mass is 16.5. The van der Waals surface area contributed by atoms with Gasteiger partial charge in [-0.05, 0) is 42.2 Å². The number of carbonyl (C=O) groups excluding carboxylic acids is 3. The van der Waals surface area contributed by atoms with Gasteiger partial charge >= 0.3 is 5.97 Å². The third-order valence-electron chi connectivity index (χ3n) is 6.37. The van der Waals surface area contributed by atoms with Crippen LogP contribution in [0.4, 0.5) is 0 Å². The zero-order valence-corrected chi connectivity index (χ0v) is 18.0. The molecule has 0 radical (unpaired) electrons. The first-order valence-corrected chi connectivity index (χ1v) is 11.3. The lowest BCUT2D eigenvalue weighted by molar-refractivity contribution is -0.122. The molecule has 32 heavy (non-hydrogen) atoms. The molecule has 1 saturated carbocycles. The molecule has 7 heteroatoms. The van der Waals surface area contributed by atoms with E-state index in [1.165, 1.54) is 0 Å². The lowest BCUT2D eigenvalue weighted by atomic mass is 9.93. The van der Waals surface area contributed by atoms with Crippen molar-refractivity contribution in [2.24, 2.45) is 0 Å². The maximum atomic E-state index is 13.1. The van der Waals surface area contributed by atoms with E-state index in [-0.39, 0.29) is 23.9 Å². The van der Waals surface area contributed by atoms with Gasteiger partial charge in [0.05, 0.1) is 12.1 Å². The molecule has 5 rings (SSSR count). The summed E-state index contributed by atoms with van der Waals surface area (Å²) in [6.07, 6.45) is 2.37. The van der Waals surface area contributed by atoms with Gasteiger partial charge in [0.2, 0.25) is 5.91 Å². The predicted octanol–water partition coefficient (Wildman–Crippen LogP) is 2.18. The van der Waals surface area contributed by atoms with Crippen molar-refractivity contribution in [1.29, 1.82) is 0 Å². The Hall–Kier alpha value is -3.19. The number of piperazine rings is 1. The number of fused-ring (bicyclic) bond motifs is 1. The molecule has 1 atom stereocenters. The molecule has 0 spiro atoms. The van der Waals surface area contributed by atoms with Gasteiger partial charge in [-0.3, -0.25) is 14.5 Å². The first kappa shape index (κ1) is 20.7. The first-order valence-electron chi connectivity index (χ1n) is 11.3. The van der Waals surface area contributed by atoms with Gasteiger partial charge in [-0.25, -0.2) is 4.79 Å². The van der Waals surface area contributed by atoms with Gasteiger partial charge in [-0.15, -0.1) is 0 Å². The number of ether oxygens (including phenoxy) is 1. The lowest BCUT2D eigenvalue weighted by Crippen LogP contribution is -2.51. The minimum Gasteiger partial charge on any atom is -0.454 e. The molecule has 1 N–H and O–H groups in total. The summed E-state index contributed by atoms with van der Waals surface area (Å²) in [5.41, 5.74) is 2.91. The van der Waals surface area contributed by atoms with E-state index >= 15 is 0 Å². The van der Waals surface area contributed by atoms with Crippen LogP contribution in [0.1, 0.15) is 50.8 Å². The van der Waals surface area contributed by atoms with Crippen molar-refractivity contribution in [1.82, 2.24) is 15.1 Å². The molecule has 1 aliphatic carbocycles. The number of hydrogen-bond donors (Lipinski definition) is 1. The molecule has 7 nitrogen and oxygen atoms in total. The fourth-order valence-electron chi connectivity index (χ4n) is 4.38. The monoisotopic (exact) mass is 433 g/mol. The van der Waals surface area contributed by atoms with Crippen LogP contribution in [-0.2, 0) is 16.0 Å². The van der Waals surface area contributed by atoms with E-state index in [4.69, 9.17) is 4.74 Å². The number of hydrogen-bond acceptors (Lipinski definition) is 5. The second-order valence-corrected chi connectivity index (χ2v) is 8.79. The fourth-order valence-corrected chi connectivity index (χ4v) is 4.38. The molecule has 1 saturated heterocycles. The summed E-state index contributed by atoms with van der Waals surface area (Å²) in [5, 5.41) is 3.01. The highest BCUT2D eigenvalue weighted by molar-refractivity contribution is 5.98. The summed E-state index contributed by atoms with van der Waals surface area (Å²) in [7, 11) is 0. The molecule has 2 amide bonds. The minimum atomic E-state index is -0.350. The Bertz CT molecular complexity index is 1030. The average Bonchev–Trinajstić information content (AvgIpc) is 3.63. The number of amides is 2. The van der Waals surface area contributed by atoms with Crippen LogP contribution in [0.25, 0.3) is 0 Å². The van der Waals surface area contributed by atoms with E-state index in [0.717, 1.165) is 24.0 Å². The number of rotatable bonds is 5. The summed E-state index contributed by atoms with van der Waals surface area (Å²) in [5.74, 6) is -0.316. The minimum absolute atomic E-state index is 0.0370. The fraction of sp³-hybridized carbons (Fsp3) is 0.400. The van der Waals surface area contributed by atoms with Crippen molar-refractivity contribution >= 4 is 17.8 Å². The van der Waals surface area contributed by atoms with Gasteiger partial charge in [0.25, 0.3) is 5.91 Å². The van der Waals surface area contributed by atoms with Gasteiger partial charge in [-0.2, -0.15) is 0 Å². The van der Waals surface area contributed by atoms with E-state index in [1.54, 1.807) is 12.1 Å². The molecule has 2 aromatic carbocycles. The van der Waals surface area contributed by atoms with Crippen LogP contribution < -0.4 is 5.32 Å². The number of benzene rings is 2. The van der Waals surface area contributed by atoms with E-state index in [1.807, 2.05) is 41.3 Å². The van der Waals surface area contributed by atoms with Crippen molar-refractivity contribution in [2.45, 2.75) is 31.4 Å². The predicted molar refractivity (Wildman–Crippen MR) is 118 cm³/mol. The Morgan fingerprint density at radius 2 is 1.75 bits per heavy atom. The summed E-state index contributed by atoms with van der Waals surface area (Å²) in [4.78, 5) is 41.5. The van der Waals surface area contributed by atoms with Crippen LogP contribution in [0.5, 0.6) is 0 Å². The van der Waals surface area contributed by atoms with Crippen molar-refractivity contribution < 1.29 is 19.1 Å². The lowest BCUT2D eigenvalue weighted by Gasteiger charge is -2.34. The Labute approximate surface area is 187 Å². The second kappa shape index (κ2) is 8.74. The number of cyclic esters (lactones) is 1. The van der Waals surface area contributed by atoms with Gasteiger partial charge in [0.15, 0.2) is 0 Å². The van der Waals surface area contributed by atoms with Crippen molar-refractivity contribution in [3.8, 4) is 0 Å². The summed E-state index contributed by atoms with van der Waals surface area (Å²) < 4.78 is 5.61. The largest absolute Gasteiger partial charge is 0.454 e. The van der Waals surface area contributed by atoms with Gasteiger partial charge in [-0.1, -0.05) is 30.3 Å². The molecule has 0 unspecified atom stereocenters. The summed E-state index contributed by atoms with van der Waals surface area (Å²) in [6, 6.07) is 15.3. The zero-order chi connectivity index (χ0) is 22.1. The number of carbonyl (C=O) groups is 3. The van der Waals surface area contributed by atoms with Crippen LogP contribution in [0.15, 0.2) is 48.5 Å². The van der Waals surface area contributed by atoms with Crippen LogP contribution >= 0.6 is 0 Å². The van der Waals surface area contributed by atoms with Crippen LogP contribution in [0.3, 0.4) is 0 Å². The highest BCUT2D eigenvalue weighted by Crippen LogP contribution is 2.31. The molecule has 2 fully saturated rings. The standard InChI is InChI=1S/C25H27N3O4/c29-23(26-20-7-8-20)16-27-10-12-28(13-11-27)24(30)18-6-9-21-19(14-18)15-22(32-25(21)31)17-4-2-1-3-5-17/h1-6,9,14,20,22H,7-8,10-13,15-16H2,(H,26,29)/t22-/m1/s1. The van der Waals surface area contributed by atoms with Crippen molar-refractivity contribution in [2.75, 3.05) is 32.7 Å². The van der Waals surface area contributed by atoms with Crippen LogP contribution in [0, 0.1) is 0 Å². The summed E-state index contributed by atoms with van der Waals surface area (Å²) >= 11 is 0. The van der Waals surface area contributed by atoms with Gasteiger partial charge in [0, 0.05) is 44.2 Å². The molecule has 2 aliphatic heterocycles. The van der Waals surface area contributed by atoms with Gasteiger partial charge < -0.3 is 15.0 Å². The quantitative estimate of drug-likeness (QED) is 0.732. The number of nitrogens with one attached hydrogen (secondary N) is 1. The average molecular weight is 434 g/mol. The van der Waals surface area contributed by atoms with Crippen LogP contribution in [-0.4, -0.2) is 66.3 Å². The molecule has 3 aliphatic rings.